The Morgan fingerprint density at radius 2 is 1.50 bits per heavy atom. The summed E-state index contributed by atoms with van der Waals surface area (Å²) in [4.78, 5) is -0.208. The van der Waals surface area contributed by atoms with Gasteiger partial charge in [0.25, 0.3) is 0 Å². The fourth-order valence-electron chi connectivity index (χ4n) is 2.13. The molecule has 102 valence electrons. The van der Waals surface area contributed by atoms with E-state index in [1.54, 1.807) is 13.8 Å². The van der Waals surface area contributed by atoms with Gasteiger partial charge >= 0.3 is 0 Å². The quantitative estimate of drug-likeness (QED) is 0.787. The Hall–Kier alpha value is -0.350. The van der Waals surface area contributed by atoms with Crippen LogP contribution in [0.2, 0.25) is 0 Å². The molecule has 0 heterocycles. The average Bonchev–Trinajstić information content (AvgIpc) is 2.13. The second kappa shape index (κ2) is 4.97. The smallest absolute Gasteiger partial charge is 0.154 e. The molecule has 0 spiro atoms. The molecule has 2 nitrogen and oxygen atoms in total. The van der Waals surface area contributed by atoms with Crippen molar-refractivity contribution in [1.29, 1.82) is 0 Å². The largest absolute Gasteiger partial charge is 0.229 e. The van der Waals surface area contributed by atoms with Crippen LogP contribution in [-0.4, -0.2) is 19.4 Å². The van der Waals surface area contributed by atoms with Gasteiger partial charge in [0, 0.05) is 6.26 Å². The molecule has 1 aromatic carbocycles. The van der Waals surface area contributed by atoms with Crippen molar-refractivity contribution in [2.45, 2.75) is 44.2 Å². The zero-order valence-electron chi connectivity index (χ0n) is 11.8. The van der Waals surface area contributed by atoms with Crippen LogP contribution in [0, 0.1) is 20.8 Å². The lowest BCUT2D eigenvalue weighted by Crippen LogP contribution is -2.35. The second-order valence-corrected chi connectivity index (χ2v) is 9.06. The van der Waals surface area contributed by atoms with Crippen molar-refractivity contribution in [2.24, 2.45) is 0 Å². The van der Waals surface area contributed by atoms with E-state index in [0.717, 1.165) is 16.7 Å². The molecule has 1 atom stereocenters. The number of alkyl halides is 1. The van der Waals surface area contributed by atoms with Crippen molar-refractivity contribution in [2.75, 3.05) is 6.26 Å². The van der Waals surface area contributed by atoms with E-state index in [9.17, 15) is 8.42 Å². The molecule has 0 fully saturated rings. The van der Waals surface area contributed by atoms with Crippen LogP contribution in [0.15, 0.2) is 12.1 Å². The first-order valence-electron chi connectivity index (χ1n) is 5.90. The molecule has 0 aromatic heterocycles. The molecule has 18 heavy (non-hydrogen) atoms. The number of halogens is 1. The van der Waals surface area contributed by atoms with Crippen LogP contribution in [0.4, 0.5) is 0 Å². The van der Waals surface area contributed by atoms with Crippen molar-refractivity contribution >= 4 is 25.8 Å². The van der Waals surface area contributed by atoms with Gasteiger partial charge in [-0.1, -0.05) is 33.6 Å². The summed E-state index contributed by atoms with van der Waals surface area (Å²) in [5.74, 6) is 0. The minimum Gasteiger partial charge on any atom is -0.229 e. The van der Waals surface area contributed by atoms with Gasteiger partial charge in [-0.25, -0.2) is 8.42 Å². The zero-order valence-corrected chi connectivity index (χ0v) is 14.2. The van der Waals surface area contributed by atoms with Crippen molar-refractivity contribution in [3.63, 3.8) is 0 Å². The van der Waals surface area contributed by atoms with Gasteiger partial charge in [0.05, 0.1) is 9.57 Å². The summed E-state index contributed by atoms with van der Waals surface area (Å²) in [7, 11) is -3.14. The molecule has 1 rings (SSSR count). The van der Waals surface area contributed by atoms with E-state index in [1.165, 1.54) is 11.8 Å². The lowest BCUT2D eigenvalue weighted by molar-refractivity contribution is 0.547. The number of sulfone groups is 1. The lowest BCUT2D eigenvalue weighted by atomic mass is 9.92. The van der Waals surface area contributed by atoms with Gasteiger partial charge in [0.15, 0.2) is 9.84 Å². The van der Waals surface area contributed by atoms with Crippen LogP contribution in [0.3, 0.4) is 0 Å². The topological polar surface area (TPSA) is 34.1 Å². The van der Waals surface area contributed by atoms with Crippen molar-refractivity contribution in [1.82, 2.24) is 0 Å². The Balaban J connectivity index is 3.41. The summed E-state index contributed by atoms with van der Waals surface area (Å²) in [6.45, 7) is 9.64. The number of hydrogen-bond donors (Lipinski definition) is 0. The normalized spacial score (nSPS) is 14.6. The summed E-state index contributed by atoms with van der Waals surface area (Å²) in [6.07, 6.45) is 1.29. The van der Waals surface area contributed by atoms with Crippen LogP contribution in [0.25, 0.3) is 0 Å². The highest BCUT2D eigenvalue weighted by Gasteiger charge is 2.39. The summed E-state index contributed by atoms with van der Waals surface area (Å²) >= 11 is 3.59. The maximum absolute atomic E-state index is 11.9. The van der Waals surface area contributed by atoms with E-state index in [2.05, 4.69) is 35.0 Å². The van der Waals surface area contributed by atoms with E-state index in [4.69, 9.17) is 0 Å². The fourth-order valence-corrected chi connectivity index (χ4v) is 4.36. The first kappa shape index (κ1) is 15.7. The molecule has 0 saturated heterocycles. The third-order valence-corrected chi connectivity index (χ3v) is 7.61. The summed E-state index contributed by atoms with van der Waals surface area (Å²) in [5, 5.41) is 0. The Bertz CT molecular complexity index is 536. The minimum absolute atomic E-state index is 0.208. The second-order valence-electron chi connectivity index (χ2n) is 5.55. The molecule has 0 bridgehead atoms. The van der Waals surface area contributed by atoms with E-state index in [0.29, 0.717) is 0 Å². The zero-order chi connectivity index (χ0) is 14.3. The van der Waals surface area contributed by atoms with Crippen LogP contribution < -0.4 is 0 Å². The van der Waals surface area contributed by atoms with Crippen LogP contribution in [0.1, 0.15) is 40.9 Å². The average molecular weight is 333 g/mol. The molecule has 1 aromatic rings. The molecular weight excluding hydrogens is 312 g/mol. The van der Waals surface area contributed by atoms with Crippen molar-refractivity contribution < 1.29 is 8.42 Å². The molecule has 0 aliphatic rings. The number of rotatable bonds is 3. The molecule has 0 amide bonds. The summed E-state index contributed by atoms with van der Waals surface area (Å²) in [6, 6.07) is 4.18. The first-order valence-corrected chi connectivity index (χ1v) is 8.70. The Kier molecular flexibility index (Phi) is 4.34. The van der Waals surface area contributed by atoms with Gasteiger partial charge in [0.1, 0.15) is 0 Å². The number of hydrogen-bond acceptors (Lipinski definition) is 2. The highest BCUT2D eigenvalue weighted by atomic mass is 79.9. The van der Waals surface area contributed by atoms with Gasteiger partial charge in [-0.3, -0.25) is 0 Å². The SMILES string of the molecule is Cc1cc(C)c(C(Br)C(C)(C)S(C)(=O)=O)c(C)c1. The predicted octanol–water partition coefficient (Wildman–Crippen LogP) is 3.87. The van der Waals surface area contributed by atoms with E-state index in [1.807, 2.05) is 13.8 Å². The molecule has 0 aliphatic carbocycles. The highest BCUT2D eigenvalue weighted by molar-refractivity contribution is 9.09. The molecule has 4 heteroatoms. The van der Waals surface area contributed by atoms with Gasteiger partial charge < -0.3 is 0 Å². The summed E-state index contributed by atoms with van der Waals surface area (Å²) in [5.41, 5.74) is 4.54. The monoisotopic (exact) mass is 332 g/mol. The summed E-state index contributed by atoms with van der Waals surface area (Å²) < 4.78 is 23.0. The highest BCUT2D eigenvalue weighted by Crippen LogP contribution is 2.42. The molecule has 0 saturated carbocycles. The van der Waals surface area contributed by atoms with Gasteiger partial charge in [-0.05, 0) is 51.3 Å². The maximum atomic E-state index is 11.9. The Morgan fingerprint density at radius 3 is 1.83 bits per heavy atom. The minimum atomic E-state index is -3.14. The van der Waals surface area contributed by atoms with E-state index < -0.39 is 14.6 Å². The Morgan fingerprint density at radius 1 is 1.11 bits per heavy atom. The standard InChI is InChI=1S/C14H21BrO2S/c1-9-7-10(2)12(11(3)8-9)13(15)14(4,5)18(6,16)17/h7-8,13H,1-6H3. The first-order chi connectivity index (χ1) is 7.98. The molecule has 0 radical (unpaired) electrons. The van der Waals surface area contributed by atoms with E-state index >= 15 is 0 Å². The van der Waals surface area contributed by atoms with Crippen molar-refractivity contribution in [3.8, 4) is 0 Å². The Labute approximate surface area is 119 Å². The van der Waals surface area contributed by atoms with Crippen LogP contribution in [0.5, 0.6) is 0 Å². The third-order valence-electron chi connectivity index (χ3n) is 3.56. The lowest BCUT2D eigenvalue weighted by Gasteiger charge is -2.31. The van der Waals surface area contributed by atoms with E-state index in [-0.39, 0.29) is 4.83 Å². The number of aryl methyl sites for hydroxylation is 3. The third kappa shape index (κ3) is 2.80. The van der Waals surface area contributed by atoms with Crippen LogP contribution >= 0.6 is 15.9 Å². The predicted molar refractivity (Wildman–Crippen MR) is 81.2 cm³/mol. The van der Waals surface area contributed by atoms with Gasteiger partial charge in [-0.15, -0.1) is 0 Å². The van der Waals surface area contributed by atoms with Gasteiger partial charge in [0.2, 0.25) is 0 Å². The molecular formula is C14H21BrO2S. The van der Waals surface area contributed by atoms with Crippen LogP contribution in [-0.2, 0) is 9.84 Å². The molecule has 0 N–H and O–H groups in total. The maximum Gasteiger partial charge on any atom is 0.154 e. The molecule has 0 aliphatic heterocycles. The van der Waals surface area contributed by atoms with Crippen molar-refractivity contribution in [3.05, 3.63) is 34.4 Å². The fraction of sp³-hybridized carbons (Fsp3) is 0.571. The van der Waals surface area contributed by atoms with Gasteiger partial charge in [-0.2, -0.15) is 0 Å². The number of benzene rings is 1. The molecule has 1 unspecified atom stereocenters.